The number of hydrogen-bond acceptors (Lipinski definition) is 4. The van der Waals surface area contributed by atoms with Gasteiger partial charge in [-0.1, -0.05) is 0 Å². The minimum absolute atomic E-state index is 0.0265. The lowest BCUT2D eigenvalue weighted by atomic mass is 9.93. The van der Waals surface area contributed by atoms with Gasteiger partial charge < -0.3 is 10.0 Å². The molecule has 1 N–H and O–H groups in total. The highest BCUT2D eigenvalue weighted by atomic mass is 16.4. The number of aromatic nitrogens is 2. The van der Waals surface area contributed by atoms with Crippen molar-refractivity contribution in [3.8, 4) is 0 Å². The number of carbonyl (C=O) groups excluding carboxylic acids is 1. The maximum atomic E-state index is 12.5. The summed E-state index contributed by atoms with van der Waals surface area (Å²) in [5.74, 6) is -0.622. The zero-order valence-corrected chi connectivity index (χ0v) is 12.1. The van der Waals surface area contributed by atoms with Crippen LogP contribution < -0.4 is 0 Å². The maximum Gasteiger partial charge on any atom is 0.303 e. The number of rotatable bonds is 3. The summed E-state index contributed by atoms with van der Waals surface area (Å²) in [6, 6.07) is 5.32. The van der Waals surface area contributed by atoms with E-state index < -0.39 is 5.97 Å². The predicted octanol–water partition coefficient (Wildman–Crippen LogP) is 1.96. The van der Waals surface area contributed by atoms with Gasteiger partial charge in [-0.3, -0.25) is 19.6 Å². The standard InChI is InChI=1S/C16H17N3O3/c20-15(21)9-11-3-7-19(8-4-11)16(22)12-1-2-13-14(10-12)18-6-5-17-13/h1-2,5-6,10-11H,3-4,7-9H2,(H,20,21). The molecule has 2 aromatic rings. The number of benzene rings is 1. The zero-order chi connectivity index (χ0) is 15.5. The first-order chi connectivity index (χ1) is 10.6. The van der Waals surface area contributed by atoms with E-state index in [2.05, 4.69) is 9.97 Å². The van der Waals surface area contributed by atoms with Gasteiger partial charge in [0.2, 0.25) is 0 Å². The van der Waals surface area contributed by atoms with E-state index in [4.69, 9.17) is 5.11 Å². The molecule has 3 rings (SSSR count). The van der Waals surface area contributed by atoms with Gasteiger partial charge >= 0.3 is 5.97 Å². The van der Waals surface area contributed by atoms with Crippen LogP contribution >= 0.6 is 0 Å². The minimum atomic E-state index is -0.766. The highest BCUT2D eigenvalue weighted by molar-refractivity contribution is 5.97. The summed E-state index contributed by atoms with van der Waals surface area (Å²) in [5.41, 5.74) is 2.07. The van der Waals surface area contributed by atoms with E-state index in [0.29, 0.717) is 24.2 Å². The van der Waals surface area contributed by atoms with Crippen LogP contribution in [0.15, 0.2) is 30.6 Å². The molecule has 2 heterocycles. The molecule has 1 saturated heterocycles. The van der Waals surface area contributed by atoms with Gasteiger partial charge in [0.15, 0.2) is 0 Å². The molecule has 0 bridgehead atoms. The van der Waals surface area contributed by atoms with Crippen LogP contribution in [-0.4, -0.2) is 44.9 Å². The Hall–Kier alpha value is -2.50. The first-order valence-electron chi connectivity index (χ1n) is 7.35. The van der Waals surface area contributed by atoms with Gasteiger partial charge in [-0.2, -0.15) is 0 Å². The molecule has 1 fully saturated rings. The van der Waals surface area contributed by atoms with E-state index in [1.807, 2.05) is 0 Å². The Morgan fingerprint density at radius 2 is 1.82 bits per heavy atom. The Labute approximate surface area is 127 Å². The summed E-state index contributed by atoms with van der Waals surface area (Å²) in [5, 5.41) is 8.83. The molecule has 1 aromatic heterocycles. The lowest BCUT2D eigenvalue weighted by molar-refractivity contribution is -0.138. The molecule has 1 aromatic carbocycles. The van der Waals surface area contributed by atoms with E-state index in [1.54, 1.807) is 35.5 Å². The lowest BCUT2D eigenvalue weighted by Crippen LogP contribution is -2.38. The topological polar surface area (TPSA) is 83.4 Å². The Kier molecular flexibility index (Phi) is 4.00. The van der Waals surface area contributed by atoms with Gasteiger partial charge in [0.1, 0.15) is 0 Å². The number of carboxylic acids is 1. The van der Waals surface area contributed by atoms with E-state index in [9.17, 15) is 9.59 Å². The molecule has 0 spiro atoms. The van der Waals surface area contributed by atoms with Crippen molar-refractivity contribution in [3.05, 3.63) is 36.2 Å². The maximum absolute atomic E-state index is 12.5. The van der Waals surface area contributed by atoms with Crippen LogP contribution in [0.5, 0.6) is 0 Å². The molecule has 1 amide bonds. The predicted molar refractivity (Wildman–Crippen MR) is 80.4 cm³/mol. The number of fused-ring (bicyclic) bond motifs is 1. The lowest BCUT2D eigenvalue weighted by Gasteiger charge is -2.31. The van der Waals surface area contributed by atoms with Crippen molar-refractivity contribution in [2.45, 2.75) is 19.3 Å². The number of carbonyl (C=O) groups is 2. The minimum Gasteiger partial charge on any atom is -0.481 e. The van der Waals surface area contributed by atoms with Crippen molar-refractivity contribution in [2.24, 2.45) is 5.92 Å². The number of hydrogen-bond donors (Lipinski definition) is 1. The molecule has 6 nitrogen and oxygen atoms in total. The highest BCUT2D eigenvalue weighted by Crippen LogP contribution is 2.22. The number of carboxylic acid groups (broad SMARTS) is 1. The smallest absolute Gasteiger partial charge is 0.303 e. The first-order valence-corrected chi connectivity index (χ1v) is 7.35. The second kappa shape index (κ2) is 6.09. The van der Waals surface area contributed by atoms with Crippen LogP contribution in [0.25, 0.3) is 11.0 Å². The van der Waals surface area contributed by atoms with Crippen molar-refractivity contribution < 1.29 is 14.7 Å². The van der Waals surface area contributed by atoms with Crippen LogP contribution in [-0.2, 0) is 4.79 Å². The Balaban J connectivity index is 1.69. The summed E-state index contributed by atoms with van der Waals surface area (Å²) >= 11 is 0. The van der Waals surface area contributed by atoms with Crippen LogP contribution in [0.3, 0.4) is 0 Å². The number of nitrogens with zero attached hydrogens (tertiary/aromatic N) is 3. The fraction of sp³-hybridized carbons (Fsp3) is 0.375. The van der Waals surface area contributed by atoms with Crippen molar-refractivity contribution in [3.63, 3.8) is 0 Å². The molecule has 114 valence electrons. The van der Waals surface area contributed by atoms with Crippen LogP contribution in [0, 0.1) is 5.92 Å². The summed E-state index contributed by atoms with van der Waals surface area (Å²) in [4.78, 5) is 33.5. The SMILES string of the molecule is O=C(O)CC1CCN(C(=O)c2ccc3nccnc3c2)CC1. The van der Waals surface area contributed by atoms with Gasteiger partial charge in [0.05, 0.1) is 11.0 Å². The number of amides is 1. The quantitative estimate of drug-likeness (QED) is 0.936. The molecule has 22 heavy (non-hydrogen) atoms. The first kappa shape index (κ1) is 14.4. The van der Waals surface area contributed by atoms with Gasteiger partial charge in [0, 0.05) is 37.5 Å². The summed E-state index contributed by atoms with van der Waals surface area (Å²) in [6.45, 7) is 1.21. The number of likely N-dealkylation sites (tertiary alicyclic amines) is 1. The Morgan fingerprint density at radius 3 is 2.50 bits per heavy atom. The molecule has 6 heteroatoms. The second-order valence-corrected chi connectivity index (χ2v) is 5.59. The average Bonchev–Trinajstić information content (AvgIpc) is 2.54. The molecule has 0 atom stereocenters. The summed E-state index contributed by atoms with van der Waals surface area (Å²) in [7, 11) is 0. The molecular weight excluding hydrogens is 282 g/mol. The molecule has 0 radical (unpaired) electrons. The third-order valence-corrected chi connectivity index (χ3v) is 4.08. The van der Waals surface area contributed by atoms with Crippen molar-refractivity contribution in [1.29, 1.82) is 0 Å². The van der Waals surface area contributed by atoms with Gasteiger partial charge in [-0.15, -0.1) is 0 Å². The zero-order valence-electron chi connectivity index (χ0n) is 12.1. The summed E-state index contributed by atoms with van der Waals surface area (Å²) < 4.78 is 0. The molecule has 1 aliphatic heterocycles. The molecular formula is C16H17N3O3. The third-order valence-electron chi connectivity index (χ3n) is 4.08. The fourth-order valence-corrected chi connectivity index (χ4v) is 2.87. The van der Waals surface area contributed by atoms with Crippen molar-refractivity contribution in [2.75, 3.05) is 13.1 Å². The van der Waals surface area contributed by atoms with Gasteiger partial charge in [-0.05, 0) is 37.0 Å². The number of aliphatic carboxylic acids is 1. The monoisotopic (exact) mass is 299 g/mol. The van der Waals surface area contributed by atoms with Crippen LogP contribution in [0.4, 0.5) is 0 Å². The number of piperidine rings is 1. The average molecular weight is 299 g/mol. The second-order valence-electron chi connectivity index (χ2n) is 5.59. The fourth-order valence-electron chi connectivity index (χ4n) is 2.87. The molecule has 1 aliphatic rings. The summed E-state index contributed by atoms with van der Waals surface area (Å²) in [6.07, 6.45) is 4.90. The van der Waals surface area contributed by atoms with Crippen molar-refractivity contribution in [1.82, 2.24) is 14.9 Å². The Bertz CT molecular complexity index is 709. The third kappa shape index (κ3) is 3.05. The molecule has 0 aliphatic carbocycles. The van der Waals surface area contributed by atoms with E-state index >= 15 is 0 Å². The van der Waals surface area contributed by atoms with E-state index in [-0.39, 0.29) is 18.2 Å². The largest absolute Gasteiger partial charge is 0.481 e. The molecule has 0 unspecified atom stereocenters. The van der Waals surface area contributed by atoms with E-state index in [1.165, 1.54) is 0 Å². The van der Waals surface area contributed by atoms with Crippen LogP contribution in [0.1, 0.15) is 29.6 Å². The van der Waals surface area contributed by atoms with Gasteiger partial charge in [-0.25, -0.2) is 0 Å². The normalized spacial score (nSPS) is 15.9. The Morgan fingerprint density at radius 1 is 1.14 bits per heavy atom. The highest BCUT2D eigenvalue weighted by Gasteiger charge is 2.25. The van der Waals surface area contributed by atoms with Gasteiger partial charge in [0.25, 0.3) is 5.91 Å². The van der Waals surface area contributed by atoms with E-state index in [0.717, 1.165) is 18.4 Å². The van der Waals surface area contributed by atoms with Crippen molar-refractivity contribution >= 4 is 22.9 Å². The molecule has 0 saturated carbocycles. The van der Waals surface area contributed by atoms with Crippen LogP contribution in [0.2, 0.25) is 0 Å².